The Morgan fingerprint density at radius 2 is 1.35 bits per heavy atom. The first-order valence-corrected chi connectivity index (χ1v) is 24.0. The van der Waals surface area contributed by atoms with Gasteiger partial charge in [-0.05, 0) is 74.3 Å². The minimum Gasteiger partial charge on any atom is -0.394 e. The maximum Gasteiger partial charge on any atom is 0.245 e. The first kappa shape index (κ1) is 58.2. The molecule has 26 nitrogen and oxygen atoms in total. The number of fused-ring (bicyclic) bond motifs is 1. The number of aromatic amines is 1. The van der Waals surface area contributed by atoms with Gasteiger partial charge in [-0.25, -0.2) is 4.39 Å². The van der Waals surface area contributed by atoms with Gasteiger partial charge in [0.05, 0.1) is 6.61 Å². The van der Waals surface area contributed by atoms with Crippen LogP contribution in [0.25, 0.3) is 10.9 Å². The van der Waals surface area contributed by atoms with E-state index in [9.17, 15) is 52.6 Å². The van der Waals surface area contributed by atoms with Crippen LogP contribution in [0.1, 0.15) is 69.4 Å². The van der Waals surface area contributed by atoms with E-state index in [4.69, 9.17) is 28.0 Å². The Morgan fingerprint density at radius 3 is 2.00 bits per heavy atom. The molecule has 1 unspecified atom stereocenters. The molecule has 2 heterocycles. The van der Waals surface area contributed by atoms with Crippen molar-refractivity contribution in [3.05, 3.63) is 71.7 Å². The van der Waals surface area contributed by atoms with Crippen molar-refractivity contribution in [2.24, 2.45) is 17.2 Å². The lowest BCUT2D eigenvalue weighted by Gasteiger charge is -2.27. The predicted octanol–water partition coefficient (Wildman–Crippen LogP) is -3.80. The van der Waals surface area contributed by atoms with Gasteiger partial charge in [0.25, 0.3) is 0 Å². The molecule has 74 heavy (non-hydrogen) atoms. The van der Waals surface area contributed by atoms with E-state index < -0.39 is 114 Å². The standard InChI is InChI=1S/C47H67FN16O10/c1-25(66)58-32(10-5-19-55-46(50)51)40(69)61-34-16-17-38(67)54-18-4-9-31(39(49)68)59-44(73)36(22-27-23-57-30-8-3-2-7-29(27)30)63-41(70)33(11-6-20-56-47(52)53)60-43(72)35(21-26-12-14-28(48)15-13-26)62-45(74)37(24-65)64-42(34)71/h2-3,7-8,12-15,23,31-37,57,65H,4-6,9-11,16-22,24H2,1H3,(H2,49,68)(H,54,67)(H,58,66)(H,59,73)(H,60,72)(H,61,69)(H,62,74)(H,63,70)(H,64,71)(H4,50,51,55)(H4,52,53,56)/t31?,32-,33-,34-,35+,36-,37-/m0/s1. The van der Waals surface area contributed by atoms with Crippen LogP contribution < -0.4 is 70.4 Å². The number of primary amides is 1. The number of amides is 9. The second kappa shape index (κ2) is 29.2. The van der Waals surface area contributed by atoms with Crippen molar-refractivity contribution in [1.82, 2.24) is 58.2 Å². The zero-order valence-electron chi connectivity index (χ0n) is 40.9. The largest absolute Gasteiger partial charge is 0.394 e. The van der Waals surface area contributed by atoms with Gasteiger partial charge in [0.2, 0.25) is 53.2 Å². The monoisotopic (exact) mass is 1030 g/mol. The van der Waals surface area contributed by atoms with Crippen LogP contribution in [0.2, 0.25) is 0 Å². The fraction of sp³-hybridized carbons (Fsp3) is 0.468. The maximum atomic E-state index is 14.4. The molecule has 1 aliphatic rings. The summed E-state index contributed by atoms with van der Waals surface area (Å²) < 4.78 is 14.1. The molecule has 4 rings (SSSR count). The molecule has 1 fully saturated rings. The Balaban J connectivity index is 1.74. The van der Waals surface area contributed by atoms with Crippen LogP contribution in [0.15, 0.2) is 54.7 Å². The number of hydrogen-bond acceptors (Lipinski definition) is 12. The minimum atomic E-state index is -1.80. The van der Waals surface area contributed by atoms with Crippen LogP contribution in [0.4, 0.5) is 4.39 Å². The zero-order chi connectivity index (χ0) is 54.3. The maximum absolute atomic E-state index is 14.4. The summed E-state index contributed by atoms with van der Waals surface area (Å²) in [5, 5.41) is 51.7. The van der Waals surface area contributed by atoms with Crippen molar-refractivity contribution >= 4 is 76.0 Å². The molecular weight excluding hydrogens is 968 g/mol. The molecular formula is C47H67FN16O10. The van der Waals surface area contributed by atoms with E-state index in [-0.39, 0.29) is 89.3 Å². The van der Waals surface area contributed by atoms with E-state index >= 15 is 0 Å². The van der Waals surface area contributed by atoms with Gasteiger partial charge in [0.15, 0.2) is 11.9 Å². The van der Waals surface area contributed by atoms with E-state index in [0.717, 1.165) is 30.0 Å². The zero-order valence-corrected chi connectivity index (χ0v) is 40.9. The van der Waals surface area contributed by atoms with Gasteiger partial charge in [-0.15, -0.1) is 0 Å². The van der Waals surface area contributed by atoms with E-state index in [0.29, 0.717) is 11.1 Å². The SMILES string of the molecule is CC(=O)N[C@@H](CCCNC(=N)N)C(=O)N[C@H]1CCC(=O)NCCCC(C(N)=O)NC(=O)[C@H](Cc2c[nH]c3ccccc23)NC(=O)[C@H](CCCNC(=N)N)NC(=O)[C@@H](Cc2ccc(F)cc2)NC(=O)[C@H](CO)NC1=O. The number of aliphatic hydroxyl groups excluding tert-OH is 1. The van der Waals surface area contributed by atoms with E-state index in [2.05, 4.69) is 58.2 Å². The molecule has 2 aromatic carbocycles. The number of aromatic nitrogens is 1. The number of halogens is 1. The number of guanidine groups is 2. The van der Waals surface area contributed by atoms with Crippen LogP contribution in [0, 0.1) is 16.6 Å². The first-order chi connectivity index (χ1) is 35.2. The number of H-pyrrole nitrogens is 1. The first-order valence-electron chi connectivity index (χ1n) is 24.0. The highest BCUT2D eigenvalue weighted by atomic mass is 19.1. The normalized spacial score (nSPS) is 21.2. The van der Waals surface area contributed by atoms with Crippen molar-refractivity contribution in [2.75, 3.05) is 26.2 Å². The summed E-state index contributed by atoms with van der Waals surface area (Å²) in [5.41, 5.74) is 18.2. The molecule has 0 bridgehead atoms. The predicted molar refractivity (Wildman–Crippen MR) is 267 cm³/mol. The average molecular weight is 1040 g/mol. The molecule has 3 aromatic rings. The Bertz CT molecular complexity index is 2490. The average Bonchev–Trinajstić information content (AvgIpc) is 3.76. The summed E-state index contributed by atoms with van der Waals surface area (Å²) in [6, 6.07) is 1.73. The molecule has 9 amide bonds. The molecule has 20 N–H and O–H groups in total. The van der Waals surface area contributed by atoms with Crippen LogP contribution in [0.3, 0.4) is 0 Å². The number of aliphatic hydroxyl groups is 1. The van der Waals surface area contributed by atoms with Gasteiger partial charge >= 0.3 is 0 Å². The molecule has 27 heteroatoms. The molecule has 402 valence electrons. The lowest BCUT2D eigenvalue weighted by atomic mass is 10.0. The van der Waals surface area contributed by atoms with Crippen LogP contribution >= 0.6 is 0 Å². The molecule has 1 saturated heterocycles. The highest BCUT2D eigenvalue weighted by molar-refractivity contribution is 5.98. The van der Waals surface area contributed by atoms with Crippen molar-refractivity contribution in [3.8, 4) is 0 Å². The molecule has 7 atom stereocenters. The lowest BCUT2D eigenvalue weighted by molar-refractivity contribution is -0.136. The molecule has 0 saturated carbocycles. The van der Waals surface area contributed by atoms with E-state index in [1.807, 2.05) is 0 Å². The van der Waals surface area contributed by atoms with Gasteiger partial charge in [-0.1, -0.05) is 30.3 Å². The highest BCUT2D eigenvalue weighted by Crippen LogP contribution is 2.20. The Labute approximate surface area is 425 Å². The number of hydrogen-bond donors (Lipinski definition) is 17. The lowest BCUT2D eigenvalue weighted by Crippen LogP contribution is -2.61. The second-order valence-corrected chi connectivity index (χ2v) is 17.6. The van der Waals surface area contributed by atoms with Crippen LogP contribution in [-0.4, -0.2) is 144 Å². The molecule has 1 aliphatic heterocycles. The van der Waals surface area contributed by atoms with Crippen molar-refractivity contribution < 1.29 is 52.6 Å². The summed E-state index contributed by atoms with van der Waals surface area (Å²) in [6.07, 6.45) is 0.633. The number of para-hydroxylation sites is 1. The molecule has 0 aliphatic carbocycles. The van der Waals surface area contributed by atoms with Crippen molar-refractivity contribution in [2.45, 2.75) is 113 Å². The summed E-state index contributed by atoms with van der Waals surface area (Å²) in [6.45, 7) is 0.276. The summed E-state index contributed by atoms with van der Waals surface area (Å²) in [5.74, 6) is -9.18. The molecule has 1 aromatic heterocycles. The second-order valence-electron chi connectivity index (χ2n) is 17.6. The summed E-state index contributed by atoms with van der Waals surface area (Å²) in [7, 11) is 0. The van der Waals surface area contributed by atoms with Gasteiger partial charge in [-0.3, -0.25) is 54.0 Å². The fourth-order valence-electron chi connectivity index (χ4n) is 7.92. The van der Waals surface area contributed by atoms with Gasteiger partial charge in [0, 0.05) is 62.9 Å². The van der Waals surface area contributed by atoms with Crippen molar-refractivity contribution in [1.29, 1.82) is 10.8 Å². The number of benzene rings is 2. The van der Waals surface area contributed by atoms with Gasteiger partial charge in [0.1, 0.15) is 48.1 Å². The number of rotatable bonds is 17. The van der Waals surface area contributed by atoms with Crippen molar-refractivity contribution in [3.63, 3.8) is 0 Å². The van der Waals surface area contributed by atoms with Gasteiger partial charge in [-0.2, -0.15) is 0 Å². The van der Waals surface area contributed by atoms with Gasteiger partial charge < -0.3 is 80.5 Å². The molecule has 0 radical (unpaired) electrons. The summed E-state index contributed by atoms with van der Waals surface area (Å²) >= 11 is 0. The summed E-state index contributed by atoms with van der Waals surface area (Å²) in [4.78, 5) is 126. The van der Waals surface area contributed by atoms with Crippen LogP contribution in [0.5, 0.6) is 0 Å². The van der Waals surface area contributed by atoms with E-state index in [1.165, 1.54) is 12.1 Å². The highest BCUT2D eigenvalue weighted by Gasteiger charge is 2.35. The minimum absolute atomic E-state index is 0.00895. The fourth-order valence-corrected chi connectivity index (χ4v) is 7.92. The smallest absolute Gasteiger partial charge is 0.245 e. The third kappa shape index (κ3) is 19.3. The molecule has 0 spiro atoms. The number of carbonyl (C=O) groups excluding carboxylic acids is 9. The number of nitrogens with two attached hydrogens (primary N) is 3. The Hall–Kier alpha value is -8.36. The quantitative estimate of drug-likeness (QED) is 0.0351. The van der Waals surface area contributed by atoms with E-state index in [1.54, 1.807) is 30.5 Å². The number of carbonyl (C=O) groups is 9. The third-order valence-corrected chi connectivity index (χ3v) is 11.8. The number of nitrogens with one attached hydrogen (secondary N) is 13. The topological polar surface area (TPSA) is 436 Å². The Kier molecular flexibility index (Phi) is 23.0. The Morgan fingerprint density at radius 1 is 0.757 bits per heavy atom. The van der Waals surface area contributed by atoms with Crippen LogP contribution in [-0.2, 0) is 56.0 Å². The third-order valence-electron chi connectivity index (χ3n) is 11.8.